The summed E-state index contributed by atoms with van der Waals surface area (Å²) in [4.78, 5) is 11.4. The summed E-state index contributed by atoms with van der Waals surface area (Å²) in [7, 11) is -0.770. The molecule has 1 aliphatic rings. The Balaban J connectivity index is 2.99. The van der Waals surface area contributed by atoms with E-state index in [1.54, 1.807) is 0 Å². The molecule has 0 saturated carbocycles. The van der Waals surface area contributed by atoms with Crippen LogP contribution in [0.1, 0.15) is 19.8 Å². The smallest absolute Gasteiger partial charge is 0.272 e. The fourth-order valence-corrected chi connectivity index (χ4v) is 2.66. The van der Waals surface area contributed by atoms with Gasteiger partial charge in [-0.05, 0) is 6.42 Å². The third-order valence-electron chi connectivity index (χ3n) is 2.31. The van der Waals surface area contributed by atoms with Crippen LogP contribution in [0.4, 0.5) is 0 Å². The van der Waals surface area contributed by atoms with Gasteiger partial charge in [-0.1, -0.05) is 13.3 Å². The summed E-state index contributed by atoms with van der Waals surface area (Å²) in [5, 5.41) is 0. The second-order valence-electron chi connectivity index (χ2n) is 3.13. The first-order chi connectivity index (χ1) is 5.92. The van der Waals surface area contributed by atoms with Gasteiger partial charge in [0.15, 0.2) is 0 Å². The minimum absolute atomic E-state index is 0.329. The Morgan fingerprint density at radius 2 is 1.92 bits per heavy atom. The zero-order chi connectivity index (χ0) is 10.2. The molecule has 1 saturated heterocycles. The van der Waals surface area contributed by atoms with E-state index in [9.17, 15) is 13.2 Å². The molecule has 1 heterocycles. The zero-order valence-corrected chi connectivity index (χ0v) is 8.84. The summed E-state index contributed by atoms with van der Waals surface area (Å²) < 4.78 is 24.8. The molecule has 1 amide bonds. The fraction of sp³-hybridized carbons (Fsp3) is 0.857. The maximum Gasteiger partial charge on any atom is 0.306 e. The zero-order valence-electron chi connectivity index (χ0n) is 8.02. The molecular formula is C7H14N2O3S. The third kappa shape index (κ3) is 1.44. The van der Waals surface area contributed by atoms with Gasteiger partial charge >= 0.3 is 10.2 Å². The van der Waals surface area contributed by atoms with Crippen LogP contribution < -0.4 is 0 Å². The summed E-state index contributed by atoms with van der Waals surface area (Å²) in [5.74, 6) is -0.329. The van der Waals surface area contributed by atoms with Crippen LogP contribution >= 0.6 is 0 Å². The first-order valence-electron chi connectivity index (χ1n) is 4.18. The van der Waals surface area contributed by atoms with E-state index < -0.39 is 16.3 Å². The summed E-state index contributed by atoms with van der Waals surface area (Å²) >= 11 is 0. The van der Waals surface area contributed by atoms with Crippen molar-refractivity contribution in [2.45, 2.75) is 25.8 Å². The molecule has 6 heteroatoms. The lowest BCUT2D eigenvalue weighted by Crippen LogP contribution is -2.31. The van der Waals surface area contributed by atoms with Gasteiger partial charge in [0.25, 0.3) is 5.91 Å². The van der Waals surface area contributed by atoms with Gasteiger partial charge in [-0.15, -0.1) is 0 Å². The quantitative estimate of drug-likeness (QED) is 0.629. The highest BCUT2D eigenvalue weighted by Gasteiger charge is 2.45. The molecule has 1 aliphatic heterocycles. The Morgan fingerprint density at radius 3 is 2.23 bits per heavy atom. The van der Waals surface area contributed by atoms with Gasteiger partial charge in [0.1, 0.15) is 6.04 Å². The topological polar surface area (TPSA) is 57.7 Å². The summed E-state index contributed by atoms with van der Waals surface area (Å²) in [6, 6.07) is -0.500. The highest BCUT2D eigenvalue weighted by Crippen LogP contribution is 2.22. The van der Waals surface area contributed by atoms with Crippen molar-refractivity contribution in [2.24, 2.45) is 0 Å². The van der Waals surface area contributed by atoms with Crippen molar-refractivity contribution in [3.63, 3.8) is 0 Å². The molecule has 5 nitrogen and oxygen atoms in total. The maximum absolute atomic E-state index is 11.4. The second-order valence-corrected chi connectivity index (χ2v) is 5.15. The molecule has 1 atom stereocenters. The Bertz CT molecular complexity index is 312. The lowest BCUT2D eigenvalue weighted by molar-refractivity contribution is -0.127. The summed E-state index contributed by atoms with van der Waals surface area (Å²) in [5.41, 5.74) is 0. The maximum atomic E-state index is 11.4. The lowest BCUT2D eigenvalue weighted by Gasteiger charge is -2.12. The van der Waals surface area contributed by atoms with Crippen molar-refractivity contribution in [1.29, 1.82) is 0 Å². The standard InChI is InChI=1S/C7H14N2O3S/c1-4-5-6-7(10)9(3)13(11,12)8(6)2/h6H,4-5H2,1-3H3. The minimum atomic E-state index is -3.51. The molecule has 0 radical (unpaired) electrons. The molecule has 0 N–H and O–H groups in total. The van der Waals surface area contributed by atoms with Gasteiger partial charge in [0.2, 0.25) is 0 Å². The van der Waals surface area contributed by atoms with Crippen LogP contribution in [0.25, 0.3) is 0 Å². The number of hydrogen-bond donors (Lipinski definition) is 0. The van der Waals surface area contributed by atoms with E-state index in [1.165, 1.54) is 14.1 Å². The van der Waals surface area contributed by atoms with Crippen molar-refractivity contribution >= 4 is 16.1 Å². The minimum Gasteiger partial charge on any atom is -0.272 e. The third-order valence-corrected chi connectivity index (χ3v) is 4.16. The summed E-state index contributed by atoms with van der Waals surface area (Å²) in [6.45, 7) is 1.92. The van der Waals surface area contributed by atoms with E-state index >= 15 is 0 Å². The van der Waals surface area contributed by atoms with E-state index in [-0.39, 0.29) is 5.91 Å². The van der Waals surface area contributed by atoms with Gasteiger partial charge < -0.3 is 0 Å². The molecular weight excluding hydrogens is 192 g/mol. The molecule has 13 heavy (non-hydrogen) atoms. The average molecular weight is 206 g/mol. The van der Waals surface area contributed by atoms with Crippen molar-refractivity contribution in [1.82, 2.24) is 8.61 Å². The van der Waals surface area contributed by atoms with Crippen molar-refractivity contribution in [2.75, 3.05) is 14.1 Å². The Labute approximate surface area is 78.5 Å². The summed E-state index contributed by atoms with van der Waals surface area (Å²) in [6.07, 6.45) is 1.38. The van der Waals surface area contributed by atoms with Gasteiger partial charge in [-0.3, -0.25) is 4.79 Å². The predicted molar refractivity (Wildman–Crippen MR) is 48.1 cm³/mol. The van der Waals surface area contributed by atoms with Crippen molar-refractivity contribution in [3.8, 4) is 0 Å². The monoisotopic (exact) mass is 206 g/mol. The van der Waals surface area contributed by atoms with Crippen molar-refractivity contribution in [3.05, 3.63) is 0 Å². The van der Waals surface area contributed by atoms with E-state index in [4.69, 9.17) is 0 Å². The van der Waals surface area contributed by atoms with E-state index in [0.717, 1.165) is 15.0 Å². The van der Waals surface area contributed by atoms with Gasteiger partial charge in [0, 0.05) is 14.1 Å². The predicted octanol–water partition coefficient (Wildman–Crippen LogP) is -0.196. The van der Waals surface area contributed by atoms with Crippen LogP contribution in [0.2, 0.25) is 0 Å². The highest BCUT2D eigenvalue weighted by atomic mass is 32.2. The lowest BCUT2D eigenvalue weighted by atomic mass is 10.1. The Hall–Kier alpha value is -0.620. The number of carbonyl (C=O) groups excluding carboxylic acids is 1. The normalized spacial score (nSPS) is 28.4. The van der Waals surface area contributed by atoms with Crippen LogP contribution in [-0.2, 0) is 15.0 Å². The molecule has 0 aromatic carbocycles. The Morgan fingerprint density at radius 1 is 1.38 bits per heavy atom. The molecule has 0 aliphatic carbocycles. The number of amides is 1. The van der Waals surface area contributed by atoms with Gasteiger partial charge in [-0.25, -0.2) is 4.31 Å². The van der Waals surface area contributed by atoms with E-state index in [0.29, 0.717) is 6.42 Å². The molecule has 0 spiro atoms. The number of nitrogens with zero attached hydrogens (tertiary/aromatic N) is 2. The van der Waals surface area contributed by atoms with Gasteiger partial charge in [-0.2, -0.15) is 12.7 Å². The number of carbonyl (C=O) groups is 1. The highest BCUT2D eigenvalue weighted by molar-refractivity contribution is 7.87. The molecule has 1 fully saturated rings. The van der Waals surface area contributed by atoms with Crippen LogP contribution in [0.5, 0.6) is 0 Å². The van der Waals surface area contributed by atoms with Gasteiger partial charge in [0.05, 0.1) is 0 Å². The molecule has 0 bridgehead atoms. The van der Waals surface area contributed by atoms with E-state index in [2.05, 4.69) is 0 Å². The molecule has 0 aromatic heterocycles. The van der Waals surface area contributed by atoms with Crippen LogP contribution in [0.3, 0.4) is 0 Å². The fourth-order valence-electron chi connectivity index (χ4n) is 1.41. The largest absolute Gasteiger partial charge is 0.306 e. The second kappa shape index (κ2) is 3.26. The van der Waals surface area contributed by atoms with Crippen LogP contribution in [0.15, 0.2) is 0 Å². The van der Waals surface area contributed by atoms with Crippen LogP contribution in [0, 0.1) is 0 Å². The number of hydrogen-bond acceptors (Lipinski definition) is 3. The van der Waals surface area contributed by atoms with Crippen LogP contribution in [-0.4, -0.2) is 43.1 Å². The molecule has 1 unspecified atom stereocenters. The SMILES string of the molecule is CCCC1C(=O)N(C)S(=O)(=O)N1C. The van der Waals surface area contributed by atoms with E-state index in [1.807, 2.05) is 6.92 Å². The molecule has 1 rings (SSSR count). The number of rotatable bonds is 2. The van der Waals surface area contributed by atoms with Crippen molar-refractivity contribution < 1.29 is 13.2 Å². The molecule has 76 valence electrons. The molecule has 0 aromatic rings. The first kappa shape index (κ1) is 10.5. The average Bonchev–Trinajstić information content (AvgIpc) is 2.21. The first-order valence-corrected chi connectivity index (χ1v) is 5.58. The Kier molecular flexibility index (Phi) is 2.63. The number of likely N-dealkylation sites (N-methyl/N-ethyl adjacent to an activating group) is 2.